The monoisotopic (exact) mass is 284 g/mol. The van der Waals surface area contributed by atoms with Crippen molar-refractivity contribution >= 4 is 27.6 Å². The highest BCUT2D eigenvalue weighted by molar-refractivity contribution is 9.10. The van der Waals surface area contributed by atoms with Crippen LogP contribution in [0.2, 0.25) is 0 Å². The Morgan fingerprint density at radius 3 is 2.69 bits per heavy atom. The number of nitrogens with zero attached hydrogens (tertiary/aromatic N) is 2. The average molecular weight is 285 g/mol. The van der Waals surface area contributed by atoms with E-state index < -0.39 is 16.6 Å². The van der Waals surface area contributed by atoms with Gasteiger partial charge in [-0.3, -0.25) is 10.1 Å². The minimum atomic E-state index is -0.726. The molecule has 7 heteroatoms. The van der Waals surface area contributed by atoms with Gasteiger partial charge in [-0.2, -0.15) is 5.26 Å². The first-order chi connectivity index (χ1) is 7.51. The molecule has 0 heterocycles. The van der Waals surface area contributed by atoms with Gasteiger partial charge in [0.1, 0.15) is 11.6 Å². The van der Waals surface area contributed by atoms with Crippen LogP contribution in [-0.4, -0.2) is 18.0 Å². The number of nitro groups is 1. The van der Waals surface area contributed by atoms with Crippen LogP contribution in [0.1, 0.15) is 15.9 Å². The fourth-order valence-corrected chi connectivity index (χ4v) is 1.62. The van der Waals surface area contributed by atoms with E-state index in [2.05, 4.69) is 20.7 Å². The van der Waals surface area contributed by atoms with Crippen LogP contribution in [0.15, 0.2) is 16.6 Å². The van der Waals surface area contributed by atoms with Gasteiger partial charge in [0, 0.05) is 10.5 Å². The van der Waals surface area contributed by atoms with Gasteiger partial charge in [-0.05, 0) is 22.0 Å². The Bertz CT molecular complexity index is 507. The van der Waals surface area contributed by atoms with Gasteiger partial charge in [0.25, 0.3) is 5.69 Å². The Morgan fingerprint density at radius 1 is 1.62 bits per heavy atom. The summed E-state index contributed by atoms with van der Waals surface area (Å²) in [4.78, 5) is 21.1. The third-order valence-electron chi connectivity index (χ3n) is 1.80. The van der Waals surface area contributed by atoms with Crippen LogP contribution < -0.4 is 0 Å². The molecule has 0 unspecified atom stereocenters. The third kappa shape index (κ3) is 2.17. The van der Waals surface area contributed by atoms with Gasteiger partial charge < -0.3 is 4.74 Å². The van der Waals surface area contributed by atoms with Crippen molar-refractivity contribution in [3.63, 3.8) is 0 Å². The van der Waals surface area contributed by atoms with Gasteiger partial charge in [-0.25, -0.2) is 4.79 Å². The van der Waals surface area contributed by atoms with E-state index in [1.807, 2.05) is 0 Å². The number of esters is 1. The molecule has 0 spiro atoms. The second-order valence-corrected chi connectivity index (χ2v) is 3.57. The zero-order valence-electron chi connectivity index (χ0n) is 8.06. The fourth-order valence-electron chi connectivity index (χ4n) is 1.08. The van der Waals surface area contributed by atoms with Crippen LogP contribution >= 0.6 is 15.9 Å². The highest BCUT2D eigenvalue weighted by Crippen LogP contribution is 2.28. The lowest BCUT2D eigenvalue weighted by Crippen LogP contribution is -2.04. The molecule has 0 amide bonds. The van der Waals surface area contributed by atoms with E-state index >= 15 is 0 Å². The van der Waals surface area contributed by atoms with Gasteiger partial charge in [0.05, 0.1) is 17.6 Å². The molecule has 1 aromatic rings. The predicted octanol–water partition coefficient (Wildman–Crippen LogP) is 2.02. The molecule has 0 aliphatic rings. The molecule has 0 saturated heterocycles. The van der Waals surface area contributed by atoms with Crippen LogP contribution in [0.3, 0.4) is 0 Å². The van der Waals surface area contributed by atoms with Gasteiger partial charge in [0.15, 0.2) is 0 Å². The molecule has 0 bridgehead atoms. The molecule has 0 aliphatic heterocycles. The van der Waals surface area contributed by atoms with E-state index in [-0.39, 0.29) is 15.6 Å². The molecular weight excluding hydrogens is 280 g/mol. The van der Waals surface area contributed by atoms with Gasteiger partial charge in [0.2, 0.25) is 0 Å². The predicted molar refractivity (Wildman–Crippen MR) is 56.9 cm³/mol. The summed E-state index contributed by atoms with van der Waals surface area (Å²) in [6, 6.07) is 4.00. The molecule has 0 radical (unpaired) electrons. The zero-order chi connectivity index (χ0) is 12.3. The van der Waals surface area contributed by atoms with E-state index in [9.17, 15) is 14.9 Å². The molecule has 0 aliphatic carbocycles. The molecule has 16 heavy (non-hydrogen) atoms. The SMILES string of the molecule is COC(=O)c1cc(Br)c(C#N)c([N+](=O)[O-])c1. The molecule has 1 rings (SSSR count). The van der Waals surface area contributed by atoms with Gasteiger partial charge in [-0.15, -0.1) is 0 Å². The van der Waals surface area contributed by atoms with Crippen LogP contribution in [0.5, 0.6) is 0 Å². The summed E-state index contributed by atoms with van der Waals surface area (Å²) in [5.74, 6) is -0.701. The van der Waals surface area contributed by atoms with Crippen LogP contribution in [0.25, 0.3) is 0 Å². The molecule has 6 nitrogen and oxygen atoms in total. The van der Waals surface area contributed by atoms with E-state index in [4.69, 9.17) is 5.26 Å². The van der Waals surface area contributed by atoms with Crippen molar-refractivity contribution in [1.82, 2.24) is 0 Å². The van der Waals surface area contributed by atoms with Crippen molar-refractivity contribution in [1.29, 1.82) is 5.26 Å². The molecule has 1 aromatic carbocycles. The molecule has 0 N–H and O–H groups in total. The summed E-state index contributed by atoms with van der Waals surface area (Å²) in [5, 5.41) is 19.4. The second-order valence-electron chi connectivity index (χ2n) is 2.71. The minimum absolute atomic E-state index is 0.0140. The number of hydrogen-bond acceptors (Lipinski definition) is 5. The first-order valence-electron chi connectivity index (χ1n) is 3.97. The number of methoxy groups -OCH3 is 1. The minimum Gasteiger partial charge on any atom is -0.465 e. The normalized spacial score (nSPS) is 9.31. The summed E-state index contributed by atoms with van der Waals surface area (Å²) in [7, 11) is 1.17. The Hall–Kier alpha value is -1.94. The van der Waals surface area contributed by atoms with Gasteiger partial charge >= 0.3 is 5.97 Å². The van der Waals surface area contributed by atoms with Crippen molar-refractivity contribution in [3.05, 3.63) is 37.8 Å². The number of carbonyl (C=O) groups is 1. The smallest absolute Gasteiger partial charge is 0.338 e. The highest BCUT2D eigenvalue weighted by Gasteiger charge is 2.21. The molecule has 82 valence electrons. The maximum Gasteiger partial charge on any atom is 0.338 e. The number of halogens is 1. The van der Waals surface area contributed by atoms with Crippen molar-refractivity contribution < 1.29 is 14.5 Å². The lowest BCUT2D eigenvalue weighted by Gasteiger charge is -2.02. The zero-order valence-corrected chi connectivity index (χ0v) is 9.65. The first kappa shape index (κ1) is 12.1. The molecule has 0 fully saturated rings. The number of rotatable bonds is 2. The Labute approximate surface area is 98.7 Å². The molecule has 0 saturated carbocycles. The summed E-state index contributed by atoms with van der Waals surface area (Å²) in [5.41, 5.74) is -0.546. The van der Waals surface area contributed by atoms with Gasteiger partial charge in [-0.1, -0.05) is 0 Å². The number of nitro benzene ring substituents is 1. The molecular formula is C9H5BrN2O4. The maximum atomic E-state index is 11.2. The van der Waals surface area contributed by atoms with E-state index in [0.717, 1.165) is 6.07 Å². The lowest BCUT2D eigenvalue weighted by molar-refractivity contribution is -0.385. The van der Waals surface area contributed by atoms with Crippen LogP contribution in [0, 0.1) is 21.4 Å². The maximum absolute atomic E-state index is 11.2. The third-order valence-corrected chi connectivity index (χ3v) is 2.42. The second kappa shape index (κ2) is 4.72. The number of benzene rings is 1. The van der Waals surface area contributed by atoms with E-state index in [1.165, 1.54) is 13.2 Å². The number of carbonyl (C=O) groups excluding carboxylic acids is 1. The molecule has 0 aromatic heterocycles. The Morgan fingerprint density at radius 2 is 2.25 bits per heavy atom. The van der Waals surface area contributed by atoms with E-state index in [1.54, 1.807) is 6.07 Å². The fraction of sp³-hybridized carbons (Fsp3) is 0.111. The van der Waals surface area contributed by atoms with Crippen molar-refractivity contribution in [2.45, 2.75) is 0 Å². The first-order valence-corrected chi connectivity index (χ1v) is 4.77. The lowest BCUT2D eigenvalue weighted by atomic mass is 10.1. The largest absolute Gasteiger partial charge is 0.465 e. The highest BCUT2D eigenvalue weighted by atomic mass is 79.9. The van der Waals surface area contributed by atoms with E-state index in [0.29, 0.717) is 0 Å². The number of nitriles is 1. The summed E-state index contributed by atoms with van der Waals surface area (Å²) < 4.78 is 4.62. The topological polar surface area (TPSA) is 93.2 Å². The Balaban J connectivity index is 3.47. The van der Waals surface area contributed by atoms with Crippen molar-refractivity contribution in [3.8, 4) is 6.07 Å². The summed E-state index contributed by atoms with van der Waals surface area (Å²) in [6.45, 7) is 0. The van der Waals surface area contributed by atoms with Crippen LogP contribution in [0.4, 0.5) is 5.69 Å². The van der Waals surface area contributed by atoms with Crippen molar-refractivity contribution in [2.75, 3.05) is 7.11 Å². The average Bonchev–Trinajstić information content (AvgIpc) is 2.26. The number of hydrogen-bond donors (Lipinski definition) is 0. The Kier molecular flexibility index (Phi) is 3.58. The molecule has 0 atom stereocenters. The standard InChI is InChI=1S/C9H5BrN2O4/c1-16-9(13)5-2-7(10)6(4-11)8(3-5)12(14)15/h2-3H,1H3. The number of ether oxygens (including phenoxy) is 1. The van der Waals surface area contributed by atoms with Crippen molar-refractivity contribution in [2.24, 2.45) is 0 Å². The van der Waals surface area contributed by atoms with Crippen LogP contribution in [-0.2, 0) is 4.74 Å². The summed E-state index contributed by atoms with van der Waals surface area (Å²) >= 11 is 2.99. The summed E-state index contributed by atoms with van der Waals surface area (Å²) in [6.07, 6.45) is 0. The quantitative estimate of drug-likeness (QED) is 0.470.